The Bertz CT molecular complexity index is 931. The van der Waals surface area contributed by atoms with Gasteiger partial charge in [-0.25, -0.2) is 9.37 Å². The molecule has 0 aromatic carbocycles. The Morgan fingerprint density at radius 2 is 2.04 bits per heavy atom. The molecule has 7 nitrogen and oxygen atoms in total. The van der Waals surface area contributed by atoms with Gasteiger partial charge in [0, 0.05) is 30.7 Å². The summed E-state index contributed by atoms with van der Waals surface area (Å²) in [5.74, 6) is 1.71. The molecule has 26 heavy (non-hydrogen) atoms. The van der Waals surface area contributed by atoms with Crippen molar-refractivity contribution in [3.05, 3.63) is 42.1 Å². The second-order valence-corrected chi connectivity index (χ2v) is 7.65. The van der Waals surface area contributed by atoms with E-state index in [1.165, 1.54) is 6.07 Å². The van der Waals surface area contributed by atoms with E-state index in [9.17, 15) is 4.39 Å². The van der Waals surface area contributed by atoms with Gasteiger partial charge < -0.3 is 10.2 Å². The van der Waals surface area contributed by atoms with Crippen molar-refractivity contribution in [2.45, 2.75) is 38.6 Å². The van der Waals surface area contributed by atoms with E-state index in [0.29, 0.717) is 12.4 Å². The number of nitrogens with zero attached hydrogens (tertiary/aromatic N) is 6. The Kier molecular flexibility index (Phi) is 3.97. The fourth-order valence-electron chi connectivity index (χ4n) is 3.22. The molecule has 1 saturated heterocycles. The third-order valence-corrected chi connectivity index (χ3v) is 4.51. The highest BCUT2D eigenvalue weighted by molar-refractivity contribution is 5.47. The lowest BCUT2D eigenvalue weighted by molar-refractivity contribution is 0.527. The monoisotopic (exact) mass is 355 g/mol. The van der Waals surface area contributed by atoms with Crippen molar-refractivity contribution in [3.63, 3.8) is 0 Å². The van der Waals surface area contributed by atoms with Gasteiger partial charge in [-0.1, -0.05) is 20.8 Å². The third-order valence-electron chi connectivity index (χ3n) is 4.51. The number of fused-ring (bicyclic) bond motifs is 1. The van der Waals surface area contributed by atoms with Crippen LogP contribution >= 0.6 is 0 Å². The average Bonchev–Trinajstić information content (AvgIpc) is 3.21. The number of pyridine rings is 1. The minimum absolute atomic E-state index is 0.147. The molecule has 1 aliphatic rings. The van der Waals surface area contributed by atoms with E-state index >= 15 is 0 Å². The van der Waals surface area contributed by atoms with E-state index in [4.69, 9.17) is 0 Å². The highest BCUT2D eigenvalue weighted by Crippen LogP contribution is 2.24. The lowest BCUT2D eigenvalue weighted by Crippen LogP contribution is -2.27. The maximum absolute atomic E-state index is 13.9. The Hall–Kier alpha value is -2.77. The molecule has 0 radical (unpaired) electrons. The molecular formula is C18H22FN7. The molecular weight excluding hydrogens is 333 g/mol. The summed E-state index contributed by atoms with van der Waals surface area (Å²) in [4.78, 5) is 6.12. The molecule has 0 bridgehead atoms. The number of anilines is 2. The van der Waals surface area contributed by atoms with Gasteiger partial charge in [-0.05, 0) is 30.7 Å². The maximum Gasteiger partial charge on any atom is 0.178 e. The maximum atomic E-state index is 13.9. The van der Waals surface area contributed by atoms with E-state index in [0.717, 1.165) is 30.3 Å². The van der Waals surface area contributed by atoms with Gasteiger partial charge in [0.25, 0.3) is 0 Å². The van der Waals surface area contributed by atoms with Crippen molar-refractivity contribution in [1.29, 1.82) is 0 Å². The summed E-state index contributed by atoms with van der Waals surface area (Å²) in [5, 5.41) is 16.5. The molecule has 1 atom stereocenters. The van der Waals surface area contributed by atoms with Gasteiger partial charge in [-0.15, -0.1) is 15.3 Å². The smallest absolute Gasteiger partial charge is 0.178 e. The molecule has 0 amide bonds. The molecule has 0 aliphatic carbocycles. The number of rotatable bonds is 3. The van der Waals surface area contributed by atoms with E-state index in [1.54, 1.807) is 16.8 Å². The molecule has 8 heteroatoms. The predicted molar refractivity (Wildman–Crippen MR) is 97.9 cm³/mol. The van der Waals surface area contributed by atoms with Crippen LogP contribution in [0.2, 0.25) is 0 Å². The fraction of sp³-hybridized carbons (Fsp3) is 0.444. The largest absolute Gasteiger partial charge is 0.364 e. The van der Waals surface area contributed by atoms with E-state index in [-0.39, 0.29) is 17.3 Å². The summed E-state index contributed by atoms with van der Waals surface area (Å²) in [5.41, 5.74) is 0.579. The van der Waals surface area contributed by atoms with Gasteiger partial charge in [0.15, 0.2) is 23.1 Å². The Balaban J connectivity index is 1.52. The van der Waals surface area contributed by atoms with Gasteiger partial charge in [0.2, 0.25) is 0 Å². The molecule has 4 rings (SSSR count). The molecule has 1 N–H and O–H groups in total. The van der Waals surface area contributed by atoms with Crippen molar-refractivity contribution >= 4 is 17.3 Å². The molecule has 136 valence electrons. The van der Waals surface area contributed by atoms with Gasteiger partial charge in [-0.3, -0.25) is 0 Å². The van der Waals surface area contributed by atoms with Crippen LogP contribution in [0.1, 0.15) is 33.0 Å². The van der Waals surface area contributed by atoms with Crippen LogP contribution in [-0.2, 0) is 5.41 Å². The first-order valence-electron chi connectivity index (χ1n) is 8.77. The molecule has 1 aliphatic heterocycles. The fourth-order valence-corrected chi connectivity index (χ4v) is 3.22. The van der Waals surface area contributed by atoms with Crippen LogP contribution in [0.3, 0.4) is 0 Å². The normalized spacial score (nSPS) is 17.8. The summed E-state index contributed by atoms with van der Waals surface area (Å²) in [6.07, 6.45) is 2.51. The van der Waals surface area contributed by atoms with Crippen LogP contribution in [0.4, 0.5) is 16.0 Å². The lowest BCUT2D eigenvalue weighted by Gasteiger charge is -2.19. The number of halogens is 1. The van der Waals surface area contributed by atoms with Crippen LogP contribution in [-0.4, -0.2) is 43.9 Å². The predicted octanol–water partition coefficient (Wildman–Crippen LogP) is 2.65. The van der Waals surface area contributed by atoms with Crippen LogP contribution in [0.5, 0.6) is 0 Å². The van der Waals surface area contributed by atoms with Crippen LogP contribution in [0, 0.1) is 5.82 Å². The zero-order valence-electron chi connectivity index (χ0n) is 15.1. The highest BCUT2D eigenvalue weighted by Gasteiger charge is 2.26. The van der Waals surface area contributed by atoms with E-state index in [2.05, 4.69) is 46.4 Å². The van der Waals surface area contributed by atoms with Crippen molar-refractivity contribution in [1.82, 2.24) is 24.8 Å². The molecule has 1 fully saturated rings. The molecule has 4 heterocycles. The van der Waals surface area contributed by atoms with Gasteiger partial charge in [0.1, 0.15) is 5.82 Å². The molecule has 1 unspecified atom stereocenters. The molecule has 0 spiro atoms. The van der Waals surface area contributed by atoms with Crippen LogP contribution < -0.4 is 10.2 Å². The third kappa shape index (κ3) is 3.07. The summed E-state index contributed by atoms with van der Waals surface area (Å²) < 4.78 is 15.7. The zero-order valence-corrected chi connectivity index (χ0v) is 15.1. The molecule has 3 aromatic heterocycles. The number of hydrogen-bond acceptors (Lipinski definition) is 6. The van der Waals surface area contributed by atoms with Gasteiger partial charge in [0.05, 0.1) is 0 Å². The minimum Gasteiger partial charge on any atom is -0.364 e. The average molecular weight is 355 g/mol. The number of hydrogen-bond donors (Lipinski definition) is 1. The van der Waals surface area contributed by atoms with Crippen LogP contribution in [0.15, 0.2) is 30.5 Å². The Labute approximate surface area is 151 Å². The van der Waals surface area contributed by atoms with Gasteiger partial charge >= 0.3 is 0 Å². The number of nitrogens with one attached hydrogen (secondary N) is 1. The highest BCUT2D eigenvalue weighted by atomic mass is 19.1. The second-order valence-electron chi connectivity index (χ2n) is 7.65. The van der Waals surface area contributed by atoms with Crippen molar-refractivity contribution in [2.24, 2.45) is 0 Å². The van der Waals surface area contributed by atoms with Crippen molar-refractivity contribution in [2.75, 3.05) is 23.3 Å². The first kappa shape index (κ1) is 16.7. The van der Waals surface area contributed by atoms with Crippen molar-refractivity contribution < 1.29 is 4.39 Å². The van der Waals surface area contributed by atoms with Crippen LogP contribution in [0.25, 0.3) is 5.65 Å². The molecule has 3 aromatic rings. The quantitative estimate of drug-likeness (QED) is 0.779. The summed E-state index contributed by atoms with van der Waals surface area (Å²) in [7, 11) is 0. The SMILES string of the molecule is CC(C)(C)c1nnc2ccc(NC3CCN(c4ncccc4F)C3)nn12. The summed E-state index contributed by atoms with van der Waals surface area (Å²) in [6, 6.07) is 7.04. The standard InChI is InChI=1S/C18H22FN7/c1-18(2,3)17-23-22-15-7-6-14(24-26(15)17)21-12-8-10-25(11-12)16-13(19)5-4-9-20-16/h4-7,9,12H,8,10-11H2,1-3H3,(H,21,24). The first-order valence-corrected chi connectivity index (χ1v) is 8.77. The number of aromatic nitrogens is 5. The summed E-state index contributed by atoms with van der Waals surface area (Å²) >= 11 is 0. The van der Waals surface area contributed by atoms with E-state index in [1.807, 2.05) is 17.0 Å². The van der Waals surface area contributed by atoms with Gasteiger partial charge in [-0.2, -0.15) is 4.52 Å². The Morgan fingerprint density at radius 3 is 2.81 bits per heavy atom. The lowest BCUT2D eigenvalue weighted by atomic mass is 9.96. The summed E-state index contributed by atoms with van der Waals surface area (Å²) in [6.45, 7) is 7.69. The van der Waals surface area contributed by atoms with Crippen molar-refractivity contribution in [3.8, 4) is 0 Å². The second kappa shape index (κ2) is 6.19. The zero-order chi connectivity index (χ0) is 18.3. The minimum atomic E-state index is -0.285. The first-order chi connectivity index (χ1) is 12.4. The topological polar surface area (TPSA) is 71.2 Å². The molecule has 0 saturated carbocycles. The van der Waals surface area contributed by atoms with E-state index < -0.39 is 0 Å². The Morgan fingerprint density at radius 1 is 1.19 bits per heavy atom.